The molecule has 0 saturated carbocycles. The summed E-state index contributed by atoms with van der Waals surface area (Å²) >= 11 is 3.94. The molecule has 1 heterocycles. The third-order valence-corrected chi connectivity index (χ3v) is 5.72. The summed E-state index contributed by atoms with van der Waals surface area (Å²) in [5.74, 6) is -4.33. The number of rotatable bonds is 15. The number of carbonyl (C=O) groups excluding carboxylic acids is 4. The van der Waals surface area contributed by atoms with Crippen molar-refractivity contribution >= 4 is 42.2 Å². The lowest BCUT2D eigenvalue weighted by Gasteiger charge is -2.25. The Kier molecular flexibility index (Phi) is 11.6. The number of primary amides is 1. The van der Waals surface area contributed by atoms with Crippen LogP contribution in [-0.4, -0.2) is 74.6 Å². The van der Waals surface area contributed by atoms with Gasteiger partial charge in [-0.15, -0.1) is 0 Å². The van der Waals surface area contributed by atoms with Crippen molar-refractivity contribution in [2.45, 2.75) is 49.9 Å². The molecular formula is C23H31N7O6S. The van der Waals surface area contributed by atoms with Gasteiger partial charge in [0.05, 0.1) is 12.4 Å². The van der Waals surface area contributed by atoms with Crippen LogP contribution in [0, 0.1) is 0 Å². The van der Waals surface area contributed by atoms with E-state index in [-0.39, 0.29) is 31.4 Å². The number of aromatic nitrogens is 2. The van der Waals surface area contributed by atoms with E-state index >= 15 is 0 Å². The van der Waals surface area contributed by atoms with Crippen LogP contribution in [0.4, 0.5) is 0 Å². The number of hydrogen-bond acceptors (Lipinski definition) is 8. The van der Waals surface area contributed by atoms with Crippen molar-refractivity contribution in [1.29, 1.82) is 0 Å². The van der Waals surface area contributed by atoms with Crippen LogP contribution in [0.25, 0.3) is 0 Å². The summed E-state index contributed by atoms with van der Waals surface area (Å²) in [6.45, 7) is 0. The number of carboxylic acid groups (broad SMARTS) is 1. The van der Waals surface area contributed by atoms with Crippen LogP contribution in [0.2, 0.25) is 0 Å². The van der Waals surface area contributed by atoms with Crippen LogP contribution in [-0.2, 0) is 36.8 Å². The number of nitrogens with one attached hydrogen (secondary N) is 4. The van der Waals surface area contributed by atoms with E-state index in [9.17, 15) is 29.1 Å². The van der Waals surface area contributed by atoms with Crippen molar-refractivity contribution in [3.8, 4) is 0 Å². The predicted molar refractivity (Wildman–Crippen MR) is 136 cm³/mol. The molecule has 0 spiro atoms. The summed E-state index contributed by atoms with van der Waals surface area (Å²) in [6, 6.07) is 4.01. The zero-order chi connectivity index (χ0) is 27.4. The second-order valence-electron chi connectivity index (χ2n) is 8.29. The first-order valence-corrected chi connectivity index (χ1v) is 12.0. The fraction of sp³-hybridized carbons (Fsp3) is 0.391. The Morgan fingerprint density at radius 1 is 0.946 bits per heavy atom. The molecule has 2 aromatic rings. The Hall–Kier alpha value is -3.91. The van der Waals surface area contributed by atoms with E-state index in [2.05, 4.69) is 38.5 Å². The number of carboxylic acids is 1. The fourth-order valence-corrected chi connectivity index (χ4v) is 3.60. The average Bonchev–Trinajstić information content (AvgIpc) is 3.37. The topological polar surface area (TPSA) is 222 Å². The molecular weight excluding hydrogens is 502 g/mol. The molecule has 0 radical (unpaired) electrons. The molecule has 13 nitrogen and oxygen atoms in total. The van der Waals surface area contributed by atoms with Crippen molar-refractivity contribution in [2.24, 2.45) is 11.5 Å². The second-order valence-corrected chi connectivity index (χ2v) is 8.65. The van der Waals surface area contributed by atoms with Crippen molar-refractivity contribution in [3.05, 3.63) is 54.1 Å². The summed E-state index contributed by atoms with van der Waals surface area (Å²) in [5, 5.41) is 16.7. The van der Waals surface area contributed by atoms with Gasteiger partial charge in [0.25, 0.3) is 0 Å². The number of H-pyrrole nitrogens is 1. The molecule has 0 fully saturated rings. The highest BCUT2D eigenvalue weighted by molar-refractivity contribution is 7.80. The van der Waals surface area contributed by atoms with Gasteiger partial charge in [0.1, 0.15) is 18.1 Å². The van der Waals surface area contributed by atoms with E-state index in [0.29, 0.717) is 11.3 Å². The van der Waals surface area contributed by atoms with Gasteiger partial charge in [-0.1, -0.05) is 30.3 Å². The van der Waals surface area contributed by atoms with Crippen LogP contribution >= 0.6 is 12.6 Å². The lowest BCUT2D eigenvalue weighted by atomic mass is 10.0. The molecule has 0 aliphatic rings. The van der Waals surface area contributed by atoms with Crippen LogP contribution in [0.3, 0.4) is 0 Å². The van der Waals surface area contributed by atoms with E-state index in [1.165, 1.54) is 12.5 Å². The van der Waals surface area contributed by atoms with Crippen molar-refractivity contribution in [2.75, 3.05) is 5.75 Å². The molecule has 0 aliphatic carbocycles. The zero-order valence-electron chi connectivity index (χ0n) is 19.9. The zero-order valence-corrected chi connectivity index (χ0v) is 20.8. The molecule has 37 heavy (non-hydrogen) atoms. The number of nitrogens with two attached hydrogens (primary N) is 2. The van der Waals surface area contributed by atoms with Gasteiger partial charge in [0.2, 0.25) is 23.6 Å². The number of amides is 4. The van der Waals surface area contributed by atoms with E-state index in [0.717, 1.165) is 0 Å². The molecule has 1 aromatic heterocycles. The van der Waals surface area contributed by atoms with Gasteiger partial charge in [-0.05, 0) is 12.0 Å². The van der Waals surface area contributed by atoms with Crippen molar-refractivity contribution < 1.29 is 29.1 Å². The van der Waals surface area contributed by atoms with Crippen LogP contribution < -0.4 is 27.4 Å². The lowest BCUT2D eigenvalue weighted by Crippen LogP contribution is -2.58. The second kappa shape index (κ2) is 14.6. The van der Waals surface area contributed by atoms with Gasteiger partial charge >= 0.3 is 5.97 Å². The molecule has 4 atom stereocenters. The Balaban J connectivity index is 2.19. The van der Waals surface area contributed by atoms with Crippen molar-refractivity contribution in [3.63, 3.8) is 0 Å². The number of aliphatic carboxylic acids is 1. The summed E-state index contributed by atoms with van der Waals surface area (Å²) < 4.78 is 0. The predicted octanol–water partition coefficient (Wildman–Crippen LogP) is -1.74. The molecule has 200 valence electrons. The van der Waals surface area contributed by atoms with Gasteiger partial charge in [-0.2, -0.15) is 12.6 Å². The largest absolute Gasteiger partial charge is 0.480 e. The Morgan fingerprint density at radius 2 is 1.57 bits per heavy atom. The molecule has 4 amide bonds. The van der Waals surface area contributed by atoms with Gasteiger partial charge in [0.15, 0.2) is 0 Å². The van der Waals surface area contributed by atoms with E-state index in [4.69, 9.17) is 11.5 Å². The van der Waals surface area contributed by atoms with Gasteiger partial charge in [-0.25, -0.2) is 9.78 Å². The number of imidazole rings is 1. The SMILES string of the molecule is NC(=O)CCC(NC(=O)C(N)Cc1cnc[nH]1)C(=O)NC(Cc1ccccc1)C(=O)NC(CS)C(=O)O. The number of thiol groups is 1. The molecule has 4 unspecified atom stereocenters. The number of hydrogen-bond donors (Lipinski definition) is 8. The quantitative estimate of drug-likeness (QED) is 0.122. The summed E-state index contributed by atoms with van der Waals surface area (Å²) in [6.07, 6.45) is 2.74. The molecule has 0 saturated heterocycles. The van der Waals surface area contributed by atoms with Gasteiger partial charge < -0.3 is 37.5 Å². The summed E-state index contributed by atoms with van der Waals surface area (Å²) in [5.41, 5.74) is 12.5. The third kappa shape index (κ3) is 9.93. The standard InChI is InChI=1S/C23H31N7O6S/c24-15(9-14-10-26-12-27-14)20(32)28-16(6-7-19(25)31)21(33)29-17(8-13-4-2-1-3-5-13)22(34)30-18(11-37)23(35)36/h1-5,10,12,15-18,37H,6-9,11,24H2,(H2,25,31)(H,26,27)(H,28,32)(H,29,33)(H,30,34)(H,35,36). The highest BCUT2D eigenvalue weighted by atomic mass is 32.1. The van der Waals surface area contributed by atoms with Gasteiger partial charge in [0, 0.05) is 36.9 Å². The number of aromatic amines is 1. The lowest BCUT2D eigenvalue weighted by molar-refractivity contribution is -0.141. The average molecular weight is 534 g/mol. The Morgan fingerprint density at radius 3 is 2.14 bits per heavy atom. The van der Waals surface area contributed by atoms with E-state index in [1.54, 1.807) is 30.3 Å². The molecule has 9 N–H and O–H groups in total. The fourth-order valence-electron chi connectivity index (χ4n) is 3.35. The maximum absolute atomic E-state index is 13.2. The minimum atomic E-state index is -1.29. The monoisotopic (exact) mass is 533 g/mol. The maximum Gasteiger partial charge on any atom is 0.327 e. The molecule has 1 aromatic carbocycles. The maximum atomic E-state index is 13.2. The summed E-state index contributed by atoms with van der Waals surface area (Å²) in [4.78, 5) is 68.2. The highest BCUT2D eigenvalue weighted by Gasteiger charge is 2.30. The normalized spacial score (nSPS) is 14.0. The number of carbonyl (C=O) groups is 5. The van der Waals surface area contributed by atoms with Crippen LogP contribution in [0.1, 0.15) is 24.1 Å². The molecule has 2 rings (SSSR count). The van der Waals surface area contributed by atoms with Gasteiger partial charge in [-0.3, -0.25) is 19.2 Å². The number of nitrogens with zero attached hydrogens (tertiary/aromatic N) is 1. The molecule has 0 aliphatic heterocycles. The first kappa shape index (κ1) is 29.3. The van der Waals surface area contributed by atoms with Crippen molar-refractivity contribution in [1.82, 2.24) is 25.9 Å². The van der Waals surface area contributed by atoms with Crippen LogP contribution in [0.15, 0.2) is 42.9 Å². The minimum absolute atomic E-state index is 0.0349. The molecule has 14 heteroatoms. The first-order valence-electron chi connectivity index (χ1n) is 11.4. The highest BCUT2D eigenvalue weighted by Crippen LogP contribution is 2.07. The number of benzene rings is 1. The first-order chi connectivity index (χ1) is 17.6. The summed E-state index contributed by atoms with van der Waals surface area (Å²) in [7, 11) is 0. The molecule has 0 bridgehead atoms. The van der Waals surface area contributed by atoms with Crippen LogP contribution in [0.5, 0.6) is 0 Å². The Bertz CT molecular complexity index is 1070. The smallest absolute Gasteiger partial charge is 0.327 e. The van der Waals surface area contributed by atoms with E-state index in [1.807, 2.05) is 0 Å². The van der Waals surface area contributed by atoms with E-state index < -0.39 is 53.8 Å². The third-order valence-electron chi connectivity index (χ3n) is 5.36. The Labute approximate surface area is 218 Å². The minimum Gasteiger partial charge on any atom is -0.480 e.